The van der Waals surface area contributed by atoms with E-state index in [1.165, 1.54) is 0 Å². The van der Waals surface area contributed by atoms with Gasteiger partial charge in [0.05, 0.1) is 13.0 Å². The minimum absolute atomic E-state index is 0.206. The van der Waals surface area contributed by atoms with Gasteiger partial charge in [-0.05, 0) is 13.3 Å². The van der Waals surface area contributed by atoms with Gasteiger partial charge < -0.3 is 15.6 Å². The van der Waals surface area contributed by atoms with Crippen LogP contribution in [-0.2, 0) is 14.3 Å². The molecule has 5 heteroatoms. The van der Waals surface area contributed by atoms with Gasteiger partial charge in [0.2, 0.25) is 0 Å². The van der Waals surface area contributed by atoms with Crippen LogP contribution in [0.5, 0.6) is 0 Å². The van der Waals surface area contributed by atoms with Crippen molar-refractivity contribution in [1.29, 1.82) is 0 Å². The number of esters is 1. The molecular formula is C8H15NO4. The van der Waals surface area contributed by atoms with E-state index in [-0.39, 0.29) is 13.0 Å². The number of carboxylic acids is 1. The van der Waals surface area contributed by atoms with Gasteiger partial charge in [-0.1, -0.05) is 6.92 Å². The van der Waals surface area contributed by atoms with Crippen LogP contribution < -0.4 is 5.73 Å². The van der Waals surface area contributed by atoms with Crippen molar-refractivity contribution in [2.24, 2.45) is 5.73 Å². The Kier molecular flexibility index (Phi) is 4.40. The van der Waals surface area contributed by atoms with E-state index >= 15 is 0 Å². The lowest BCUT2D eigenvalue weighted by atomic mass is 9.93. The first-order valence-corrected chi connectivity index (χ1v) is 4.14. The molecule has 0 aliphatic carbocycles. The molecule has 0 saturated carbocycles. The quantitative estimate of drug-likeness (QED) is 0.600. The average Bonchev–Trinajstić information content (AvgIpc) is 2.03. The molecule has 0 radical (unpaired) electrons. The average molecular weight is 189 g/mol. The largest absolute Gasteiger partial charge is 0.481 e. The van der Waals surface area contributed by atoms with Gasteiger partial charge in [0.15, 0.2) is 0 Å². The number of nitrogens with two attached hydrogens (primary N) is 1. The summed E-state index contributed by atoms with van der Waals surface area (Å²) in [4.78, 5) is 21.6. The van der Waals surface area contributed by atoms with Crippen molar-refractivity contribution in [2.45, 2.75) is 32.2 Å². The number of aliphatic carboxylic acids is 1. The number of carboxylic acid groups (broad SMARTS) is 1. The highest BCUT2D eigenvalue weighted by Gasteiger charge is 2.36. The van der Waals surface area contributed by atoms with Crippen LogP contribution in [0.3, 0.4) is 0 Å². The minimum Gasteiger partial charge on any atom is -0.481 e. The van der Waals surface area contributed by atoms with Crippen molar-refractivity contribution in [3.05, 3.63) is 0 Å². The molecule has 0 amide bonds. The Morgan fingerprint density at radius 2 is 2.00 bits per heavy atom. The summed E-state index contributed by atoms with van der Waals surface area (Å²) in [5.74, 6) is -1.75. The molecule has 0 fully saturated rings. The third-order valence-corrected chi connectivity index (χ3v) is 1.78. The van der Waals surface area contributed by atoms with Gasteiger partial charge in [-0.25, -0.2) is 0 Å². The van der Waals surface area contributed by atoms with Gasteiger partial charge in [0.1, 0.15) is 5.54 Å². The fourth-order valence-corrected chi connectivity index (χ4v) is 0.886. The highest BCUT2D eigenvalue weighted by molar-refractivity contribution is 5.86. The maximum absolute atomic E-state index is 11.2. The number of ether oxygens (including phenoxy) is 1. The summed E-state index contributed by atoms with van der Waals surface area (Å²) in [5.41, 5.74) is 4.19. The van der Waals surface area contributed by atoms with Crippen LogP contribution in [0.2, 0.25) is 0 Å². The van der Waals surface area contributed by atoms with Crippen molar-refractivity contribution in [2.75, 3.05) is 6.61 Å². The molecule has 0 aromatic rings. The zero-order chi connectivity index (χ0) is 10.5. The van der Waals surface area contributed by atoms with Crippen molar-refractivity contribution in [3.63, 3.8) is 0 Å². The molecule has 13 heavy (non-hydrogen) atoms. The third-order valence-electron chi connectivity index (χ3n) is 1.78. The molecule has 0 saturated heterocycles. The lowest BCUT2D eigenvalue weighted by molar-refractivity contribution is -0.154. The monoisotopic (exact) mass is 189 g/mol. The molecule has 0 aliphatic rings. The molecule has 0 rings (SSSR count). The molecule has 0 bridgehead atoms. The molecule has 76 valence electrons. The Balaban J connectivity index is 4.42. The molecule has 0 heterocycles. The Hall–Kier alpha value is -1.10. The SMILES string of the molecule is CCOC(=O)C(N)(CC)CC(=O)O. The molecule has 1 atom stereocenters. The van der Waals surface area contributed by atoms with Crippen LogP contribution in [0, 0.1) is 0 Å². The molecule has 0 aromatic carbocycles. The van der Waals surface area contributed by atoms with Gasteiger partial charge in [-0.2, -0.15) is 0 Å². The van der Waals surface area contributed by atoms with E-state index in [2.05, 4.69) is 4.74 Å². The van der Waals surface area contributed by atoms with Crippen LogP contribution >= 0.6 is 0 Å². The summed E-state index contributed by atoms with van der Waals surface area (Å²) < 4.78 is 4.67. The molecule has 5 nitrogen and oxygen atoms in total. The number of rotatable bonds is 5. The summed E-state index contributed by atoms with van der Waals surface area (Å²) >= 11 is 0. The zero-order valence-corrected chi connectivity index (χ0v) is 7.87. The zero-order valence-electron chi connectivity index (χ0n) is 7.87. The fraction of sp³-hybridized carbons (Fsp3) is 0.750. The number of hydrogen-bond acceptors (Lipinski definition) is 4. The first-order chi connectivity index (χ1) is 5.96. The van der Waals surface area contributed by atoms with E-state index in [0.29, 0.717) is 0 Å². The van der Waals surface area contributed by atoms with Crippen molar-refractivity contribution < 1.29 is 19.4 Å². The van der Waals surface area contributed by atoms with E-state index < -0.39 is 23.9 Å². The number of hydrogen-bond donors (Lipinski definition) is 2. The first kappa shape index (κ1) is 11.9. The predicted octanol–water partition coefficient (Wildman–Crippen LogP) is 0.132. The van der Waals surface area contributed by atoms with Crippen LogP contribution in [0.4, 0.5) is 0 Å². The van der Waals surface area contributed by atoms with Gasteiger partial charge in [-0.15, -0.1) is 0 Å². The topological polar surface area (TPSA) is 89.6 Å². The molecule has 0 spiro atoms. The van der Waals surface area contributed by atoms with Gasteiger partial charge in [0, 0.05) is 0 Å². The Bertz CT molecular complexity index is 204. The predicted molar refractivity (Wildman–Crippen MR) is 46.1 cm³/mol. The molecular weight excluding hydrogens is 174 g/mol. The highest BCUT2D eigenvalue weighted by Crippen LogP contribution is 2.13. The Morgan fingerprint density at radius 1 is 1.46 bits per heavy atom. The Morgan fingerprint density at radius 3 is 2.31 bits per heavy atom. The molecule has 3 N–H and O–H groups in total. The lowest BCUT2D eigenvalue weighted by Crippen LogP contribution is -2.50. The van der Waals surface area contributed by atoms with E-state index in [1.807, 2.05) is 0 Å². The summed E-state index contributed by atoms with van der Waals surface area (Å²) in [6, 6.07) is 0. The van der Waals surface area contributed by atoms with Gasteiger partial charge in [-0.3, -0.25) is 9.59 Å². The molecule has 0 aromatic heterocycles. The van der Waals surface area contributed by atoms with Crippen LogP contribution in [0.25, 0.3) is 0 Å². The van der Waals surface area contributed by atoms with E-state index in [1.54, 1.807) is 13.8 Å². The second-order valence-corrected chi connectivity index (χ2v) is 2.80. The second-order valence-electron chi connectivity index (χ2n) is 2.80. The Labute approximate surface area is 76.9 Å². The van der Waals surface area contributed by atoms with Crippen LogP contribution in [-0.4, -0.2) is 29.2 Å². The summed E-state index contributed by atoms with van der Waals surface area (Å²) in [6.07, 6.45) is -0.152. The van der Waals surface area contributed by atoms with E-state index in [9.17, 15) is 9.59 Å². The van der Waals surface area contributed by atoms with E-state index in [4.69, 9.17) is 10.8 Å². The standard InChI is InChI=1S/C8H15NO4/c1-3-8(9,5-6(10)11)7(12)13-4-2/h3-5,9H2,1-2H3,(H,10,11). The fourth-order valence-electron chi connectivity index (χ4n) is 0.886. The second kappa shape index (κ2) is 4.81. The minimum atomic E-state index is -1.39. The number of carbonyl (C=O) groups excluding carboxylic acids is 1. The first-order valence-electron chi connectivity index (χ1n) is 4.14. The molecule has 0 aliphatic heterocycles. The maximum atomic E-state index is 11.2. The smallest absolute Gasteiger partial charge is 0.326 e. The van der Waals surface area contributed by atoms with Crippen molar-refractivity contribution in [3.8, 4) is 0 Å². The van der Waals surface area contributed by atoms with Crippen LogP contribution in [0.1, 0.15) is 26.7 Å². The van der Waals surface area contributed by atoms with Crippen LogP contribution in [0.15, 0.2) is 0 Å². The van der Waals surface area contributed by atoms with Crippen molar-refractivity contribution in [1.82, 2.24) is 0 Å². The third kappa shape index (κ3) is 3.42. The normalized spacial score (nSPS) is 14.7. The molecule has 1 unspecified atom stereocenters. The highest BCUT2D eigenvalue weighted by atomic mass is 16.5. The van der Waals surface area contributed by atoms with Gasteiger partial charge in [0.25, 0.3) is 0 Å². The van der Waals surface area contributed by atoms with E-state index in [0.717, 1.165) is 0 Å². The number of carbonyl (C=O) groups is 2. The van der Waals surface area contributed by atoms with Crippen molar-refractivity contribution >= 4 is 11.9 Å². The summed E-state index contributed by atoms with van der Waals surface area (Å²) in [7, 11) is 0. The van der Waals surface area contributed by atoms with Gasteiger partial charge >= 0.3 is 11.9 Å². The summed E-state index contributed by atoms with van der Waals surface area (Å²) in [6.45, 7) is 3.51. The lowest BCUT2D eigenvalue weighted by Gasteiger charge is -2.23. The summed E-state index contributed by atoms with van der Waals surface area (Å²) in [5, 5.41) is 8.51. The maximum Gasteiger partial charge on any atom is 0.326 e.